The Balaban J connectivity index is 1.60. The average molecular weight is 403 g/mol. The molecule has 0 aliphatic carbocycles. The Bertz CT molecular complexity index is 1050. The van der Waals surface area contributed by atoms with E-state index in [2.05, 4.69) is 10.1 Å². The van der Waals surface area contributed by atoms with E-state index in [0.29, 0.717) is 35.3 Å². The highest BCUT2D eigenvalue weighted by Crippen LogP contribution is 2.29. The first-order chi connectivity index (χ1) is 12.9. The van der Waals surface area contributed by atoms with Gasteiger partial charge in [0.05, 0.1) is 18.3 Å². The van der Waals surface area contributed by atoms with Crippen LogP contribution in [-0.4, -0.2) is 34.0 Å². The number of hydrogen-bond acceptors (Lipinski definition) is 4. The molecule has 0 fully saturated rings. The molecule has 1 aromatic heterocycles. The van der Waals surface area contributed by atoms with Crippen LogP contribution in [0.1, 0.15) is 24.4 Å². The van der Waals surface area contributed by atoms with E-state index in [1.807, 2.05) is 37.3 Å². The monoisotopic (exact) mass is 402 g/mol. The zero-order chi connectivity index (χ0) is 19.0. The summed E-state index contributed by atoms with van der Waals surface area (Å²) >= 11 is 5.89. The van der Waals surface area contributed by atoms with E-state index in [-0.39, 0.29) is 11.8 Å². The molecule has 0 radical (unpaired) electrons. The van der Waals surface area contributed by atoms with Gasteiger partial charge in [0.1, 0.15) is 5.82 Å². The summed E-state index contributed by atoms with van der Waals surface area (Å²) in [5.74, 6) is 1.22. The molecule has 3 aromatic rings. The van der Waals surface area contributed by atoms with Crippen LogP contribution in [0.25, 0.3) is 11.4 Å². The van der Waals surface area contributed by atoms with Gasteiger partial charge in [-0.3, -0.25) is 0 Å². The van der Waals surface area contributed by atoms with Crippen LogP contribution in [0.15, 0.2) is 54.6 Å². The second-order valence-electron chi connectivity index (χ2n) is 6.55. The lowest BCUT2D eigenvalue weighted by molar-refractivity contribution is 0.265. The van der Waals surface area contributed by atoms with Gasteiger partial charge >= 0.3 is 0 Å². The van der Waals surface area contributed by atoms with Gasteiger partial charge in [0.25, 0.3) is 0 Å². The van der Waals surface area contributed by atoms with Gasteiger partial charge in [-0.05, 0) is 24.6 Å². The lowest BCUT2D eigenvalue weighted by Gasteiger charge is -2.31. The maximum atomic E-state index is 13.0. The molecule has 1 atom stereocenters. The molecule has 6 nitrogen and oxygen atoms in total. The third kappa shape index (κ3) is 3.63. The Morgan fingerprint density at radius 1 is 1.07 bits per heavy atom. The Kier molecular flexibility index (Phi) is 4.75. The molecule has 2 heterocycles. The molecule has 0 bridgehead atoms. The zero-order valence-electron chi connectivity index (χ0n) is 14.8. The van der Waals surface area contributed by atoms with Crippen LogP contribution < -0.4 is 0 Å². The van der Waals surface area contributed by atoms with Crippen LogP contribution >= 0.6 is 11.6 Å². The summed E-state index contributed by atoms with van der Waals surface area (Å²) in [4.78, 5) is 4.61. The number of benzene rings is 2. The van der Waals surface area contributed by atoms with E-state index in [9.17, 15) is 8.42 Å². The highest BCUT2D eigenvalue weighted by Gasteiger charge is 2.35. The molecule has 1 aliphatic rings. The number of halogens is 1. The van der Waals surface area contributed by atoms with Gasteiger partial charge in [0.2, 0.25) is 10.0 Å². The fourth-order valence-corrected chi connectivity index (χ4v) is 5.15. The smallest absolute Gasteiger partial charge is 0.219 e. The number of fused-ring (bicyclic) bond motifs is 1. The average Bonchev–Trinajstić information content (AvgIpc) is 3.10. The van der Waals surface area contributed by atoms with Crippen LogP contribution in [0, 0.1) is 0 Å². The molecule has 8 heteroatoms. The molecule has 2 aromatic carbocycles. The van der Waals surface area contributed by atoms with Crippen molar-refractivity contribution >= 4 is 21.6 Å². The minimum Gasteiger partial charge on any atom is -0.246 e. The van der Waals surface area contributed by atoms with Crippen molar-refractivity contribution in [3.63, 3.8) is 0 Å². The Morgan fingerprint density at radius 2 is 1.78 bits per heavy atom. The first-order valence-electron chi connectivity index (χ1n) is 8.68. The van der Waals surface area contributed by atoms with Crippen LogP contribution in [0.3, 0.4) is 0 Å². The molecule has 0 saturated carbocycles. The van der Waals surface area contributed by atoms with Crippen molar-refractivity contribution in [1.82, 2.24) is 19.1 Å². The molecule has 4 rings (SSSR count). The molecule has 0 saturated heterocycles. The normalized spacial score (nSPS) is 17.6. The number of aromatic nitrogens is 3. The van der Waals surface area contributed by atoms with Gasteiger partial charge in [-0.15, -0.1) is 0 Å². The summed E-state index contributed by atoms with van der Waals surface area (Å²) in [6.45, 7) is 2.72. The minimum atomic E-state index is -3.49. The second kappa shape index (κ2) is 7.07. The molecule has 27 heavy (non-hydrogen) atoms. The van der Waals surface area contributed by atoms with Crippen molar-refractivity contribution in [2.45, 2.75) is 25.3 Å². The summed E-state index contributed by atoms with van der Waals surface area (Å²) < 4.78 is 29.3. The van der Waals surface area contributed by atoms with E-state index in [1.54, 1.807) is 28.9 Å². The summed E-state index contributed by atoms with van der Waals surface area (Å²) in [6, 6.07) is 16.2. The van der Waals surface area contributed by atoms with Crippen molar-refractivity contribution in [2.24, 2.45) is 0 Å². The summed E-state index contributed by atoms with van der Waals surface area (Å²) in [7, 11) is -3.49. The highest BCUT2D eigenvalue weighted by atomic mass is 35.5. The predicted molar refractivity (Wildman–Crippen MR) is 105 cm³/mol. The van der Waals surface area contributed by atoms with Crippen molar-refractivity contribution in [2.75, 3.05) is 6.54 Å². The zero-order valence-corrected chi connectivity index (χ0v) is 16.4. The quantitative estimate of drug-likeness (QED) is 0.669. The SMILES string of the molecule is C[C@H]1c2nc(-c3ccccc3)nn2CCN1S(=O)(=O)Cc1ccc(Cl)cc1. The van der Waals surface area contributed by atoms with Gasteiger partial charge in [0, 0.05) is 17.1 Å². The lowest BCUT2D eigenvalue weighted by atomic mass is 10.2. The molecule has 0 N–H and O–H groups in total. The molecule has 0 amide bonds. The number of sulfonamides is 1. The van der Waals surface area contributed by atoms with E-state index in [1.165, 1.54) is 4.31 Å². The highest BCUT2D eigenvalue weighted by molar-refractivity contribution is 7.88. The van der Waals surface area contributed by atoms with Gasteiger partial charge in [-0.25, -0.2) is 18.1 Å². The maximum absolute atomic E-state index is 13.0. The van der Waals surface area contributed by atoms with Gasteiger partial charge in [-0.2, -0.15) is 9.40 Å². The molecular weight excluding hydrogens is 384 g/mol. The fraction of sp³-hybridized carbons (Fsp3) is 0.263. The van der Waals surface area contributed by atoms with E-state index < -0.39 is 10.0 Å². The van der Waals surface area contributed by atoms with Gasteiger partial charge < -0.3 is 0 Å². The Labute approximate surface area is 163 Å². The standard InChI is InChI=1S/C19H19ClN4O2S/c1-14-19-21-18(16-5-3-2-4-6-16)22-23(19)11-12-24(14)27(25,26)13-15-7-9-17(20)10-8-15/h2-10,14H,11-13H2,1H3/t14-/m0/s1. The predicted octanol–water partition coefficient (Wildman–Crippen LogP) is 3.51. The van der Waals surface area contributed by atoms with Crippen molar-refractivity contribution in [3.8, 4) is 11.4 Å². The summed E-state index contributed by atoms with van der Waals surface area (Å²) in [6.07, 6.45) is 0. The third-order valence-corrected chi connectivity index (χ3v) is 6.85. The first kappa shape index (κ1) is 18.2. The summed E-state index contributed by atoms with van der Waals surface area (Å²) in [5.41, 5.74) is 1.63. The van der Waals surface area contributed by atoms with E-state index in [0.717, 1.165) is 5.56 Å². The minimum absolute atomic E-state index is 0.0613. The van der Waals surface area contributed by atoms with E-state index >= 15 is 0 Å². The molecule has 1 aliphatic heterocycles. The fourth-order valence-electron chi connectivity index (χ4n) is 3.31. The Hall–Kier alpha value is -2.22. The van der Waals surface area contributed by atoms with Crippen LogP contribution in [0.4, 0.5) is 0 Å². The molecular formula is C19H19ClN4O2S. The molecule has 0 spiro atoms. The number of nitrogens with zero attached hydrogens (tertiary/aromatic N) is 4. The Morgan fingerprint density at radius 3 is 2.48 bits per heavy atom. The van der Waals surface area contributed by atoms with Crippen molar-refractivity contribution in [1.29, 1.82) is 0 Å². The van der Waals surface area contributed by atoms with Crippen LogP contribution in [-0.2, 0) is 22.3 Å². The lowest BCUT2D eigenvalue weighted by Crippen LogP contribution is -2.42. The molecule has 140 valence electrons. The van der Waals surface area contributed by atoms with Crippen molar-refractivity contribution in [3.05, 3.63) is 71.0 Å². The first-order valence-corrected chi connectivity index (χ1v) is 10.7. The molecule has 0 unspecified atom stereocenters. The van der Waals surface area contributed by atoms with Crippen LogP contribution in [0.5, 0.6) is 0 Å². The van der Waals surface area contributed by atoms with Gasteiger partial charge in [-0.1, -0.05) is 54.1 Å². The van der Waals surface area contributed by atoms with Crippen LogP contribution in [0.2, 0.25) is 5.02 Å². The summed E-state index contributed by atoms with van der Waals surface area (Å²) in [5, 5.41) is 5.14. The largest absolute Gasteiger partial charge is 0.246 e. The third-order valence-electron chi connectivity index (χ3n) is 4.69. The second-order valence-corrected chi connectivity index (χ2v) is 8.91. The van der Waals surface area contributed by atoms with Gasteiger partial charge in [0.15, 0.2) is 5.82 Å². The van der Waals surface area contributed by atoms with E-state index in [4.69, 9.17) is 11.6 Å². The topological polar surface area (TPSA) is 68.1 Å². The number of hydrogen-bond donors (Lipinski definition) is 0. The number of rotatable bonds is 4. The van der Waals surface area contributed by atoms with Crippen molar-refractivity contribution < 1.29 is 8.42 Å². The maximum Gasteiger partial charge on any atom is 0.219 e.